The van der Waals surface area contributed by atoms with Crippen LogP contribution in [0.4, 0.5) is 0 Å². The molecule has 4 heteroatoms. The molecule has 0 saturated carbocycles. The molecule has 3 nitrogen and oxygen atoms in total. The van der Waals surface area contributed by atoms with Crippen molar-refractivity contribution in [2.75, 3.05) is 0 Å². The van der Waals surface area contributed by atoms with Gasteiger partial charge in [-0.05, 0) is 29.8 Å². The molecule has 3 rings (SSSR count). The van der Waals surface area contributed by atoms with Crippen molar-refractivity contribution in [3.05, 3.63) is 64.9 Å². The first-order valence-electron chi connectivity index (χ1n) is 6.09. The number of halogens is 1. The summed E-state index contributed by atoms with van der Waals surface area (Å²) < 4.78 is 2.04. The van der Waals surface area contributed by atoms with Gasteiger partial charge in [-0.2, -0.15) is 0 Å². The van der Waals surface area contributed by atoms with Crippen molar-refractivity contribution in [1.29, 1.82) is 0 Å². The highest BCUT2D eigenvalue weighted by atomic mass is 35.5. The number of aryl methyl sites for hydroxylation is 1. The SMILES string of the molecule is Cn1c(C(N)c2ccc(Cl)cc2)nc2ccccc21. The Balaban J connectivity index is 2.08. The zero-order chi connectivity index (χ0) is 13.4. The van der Waals surface area contributed by atoms with Gasteiger partial charge in [-0.25, -0.2) is 4.98 Å². The minimum atomic E-state index is -0.255. The number of nitrogens with zero attached hydrogens (tertiary/aromatic N) is 2. The standard InChI is InChI=1S/C15H14ClN3/c1-19-13-5-3-2-4-12(13)18-15(19)14(17)10-6-8-11(16)9-7-10/h2-9,14H,17H2,1H3. The smallest absolute Gasteiger partial charge is 0.131 e. The van der Waals surface area contributed by atoms with E-state index in [4.69, 9.17) is 17.3 Å². The van der Waals surface area contributed by atoms with Crippen LogP contribution in [-0.4, -0.2) is 9.55 Å². The highest BCUT2D eigenvalue weighted by Crippen LogP contribution is 2.23. The molecule has 0 radical (unpaired) electrons. The van der Waals surface area contributed by atoms with Gasteiger partial charge in [0.25, 0.3) is 0 Å². The second kappa shape index (κ2) is 4.68. The molecule has 0 amide bonds. The number of imidazole rings is 1. The monoisotopic (exact) mass is 271 g/mol. The van der Waals surface area contributed by atoms with E-state index in [-0.39, 0.29) is 6.04 Å². The van der Waals surface area contributed by atoms with Crippen LogP contribution in [0.2, 0.25) is 5.02 Å². The second-order valence-electron chi connectivity index (χ2n) is 4.55. The van der Waals surface area contributed by atoms with E-state index in [0.29, 0.717) is 5.02 Å². The molecule has 2 aromatic carbocycles. The molecule has 0 saturated heterocycles. The third-order valence-electron chi connectivity index (χ3n) is 3.33. The highest BCUT2D eigenvalue weighted by molar-refractivity contribution is 6.30. The van der Waals surface area contributed by atoms with Gasteiger partial charge in [0.1, 0.15) is 5.82 Å². The van der Waals surface area contributed by atoms with E-state index >= 15 is 0 Å². The van der Waals surface area contributed by atoms with Crippen LogP contribution >= 0.6 is 11.6 Å². The minimum Gasteiger partial charge on any atom is -0.330 e. The third kappa shape index (κ3) is 2.11. The molecule has 0 aliphatic carbocycles. The van der Waals surface area contributed by atoms with E-state index in [0.717, 1.165) is 22.4 Å². The van der Waals surface area contributed by atoms with Crippen LogP contribution in [0.25, 0.3) is 11.0 Å². The normalized spacial score (nSPS) is 12.8. The van der Waals surface area contributed by atoms with E-state index in [1.807, 2.05) is 60.1 Å². The molecule has 1 heterocycles. The predicted octanol–water partition coefficient (Wildman–Crippen LogP) is 3.27. The van der Waals surface area contributed by atoms with Gasteiger partial charge in [-0.15, -0.1) is 0 Å². The Hall–Kier alpha value is -1.84. The fourth-order valence-electron chi connectivity index (χ4n) is 2.26. The zero-order valence-electron chi connectivity index (χ0n) is 10.5. The lowest BCUT2D eigenvalue weighted by molar-refractivity contribution is 0.728. The average Bonchev–Trinajstić information content (AvgIpc) is 2.77. The van der Waals surface area contributed by atoms with Gasteiger partial charge in [0.15, 0.2) is 0 Å². The van der Waals surface area contributed by atoms with Crippen molar-refractivity contribution in [1.82, 2.24) is 9.55 Å². The maximum atomic E-state index is 6.30. The average molecular weight is 272 g/mol. The summed E-state index contributed by atoms with van der Waals surface area (Å²) in [5.74, 6) is 0.850. The molecule has 0 fully saturated rings. The molecular formula is C15H14ClN3. The van der Waals surface area contributed by atoms with Crippen LogP contribution in [0.5, 0.6) is 0 Å². The number of nitrogens with two attached hydrogens (primary N) is 1. The molecule has 0 aliphatic heterocycles. The topological polar surface area (TPSA) is 43.8 Å². The summed E-state index contributed by atoms with van der Waals surface area (Å²) in [6, 6.07) is 15.3. The Morgan fingerprint density at radius 1 is 1.11 bits per heavy atom. The first kappa shape index (κ1) is 12.2. The molecule has 0 spiro atoms. The third-order valence-corrected chi connectivity index (χ3v) is 3.58. The maximum Gasteiger partial charge on any atom is 0.131 e. The van der Waals surface area contributed by atoms with Gasteiger partial charge in [0, 0.05) is 12.1 Å². The van der Waals surface area contributed by atoms with Crippen LogP contribution in [0.3, 0.4) is 0 Å². The summed E-state index contributed by atoms with van der Waals surface area (Å²) in [6.07, 6.45) is 0. The predicted molar refractivity (Wildman–Crippen MR) is 78.2 cm³/mol. The molecule has 19 heavy (non-hydrogen) atoms. The molecule has 1 atom stereocenters. The fourth-order valence-corrected chi connectivity index (χ4v) is 2.39. The Morgan fingerprint density at radius 2 is 1.79 bits per heavy atom. The molecule has 1 aromatic heterocycles. The number of hydrogen-bond donors (Lipinski definition) is 1. The number of hydrogen-bond acceptors (Lipinski definition) is 2. The van der Waals surface area contributed by atoms with E-state index in [9.17, 15) is 0 Å². The first-order valence-corrected chi connectivity index (χ1v) is 6.47. The Bertz CT molecular complexity index is 716. The van der Waals surface area contributed by atoms with Gasteiger partial charge >= 0.3 is 0 Å². The van der Waals surface area contributed by atoms with Crippen molar-refractivity contribution < 1.29 is 0 Å². The summed E-state index contributed by atoms with van der Waals surface area (Å²) in [7, 11) is 1.99. The molecule has 96 valence electrons. The lowest BCUT2D eigenvalue weighted by Crippen LogP contribution is -2.16. The zero-order valence-corrected chi connectivity index (χ0v) is 11.3. The van der Waals surface area contributed by atoms with Gasteiger partial charge in [0.05, 0.1) is 17.1 Å². The summed E-state index contributed by atoms with van der Waals surface area (Å²) in [5.41, 5.74) is 9.35. The van der Waals surface area contributed by atoms with E-state index in [1.54, 1.807) is 0 Å². The van der Waals surface area contributed by atoms with Gasteiger partial charge < -0.3 is 10.3 Å². The molecule has 1 unspecified atom stereocenters. The van der Waals surface area contributed by atoms with Gasteiger partial charge in [-0.3, -0.25) is 0 Å². The fraction of sp³-hybridized carbons (Fsp3) is 0.133. The van der Waals surface area contributed by atoms with E-state index in [1.165, 1.54) is 0 Å². The highest BCUT2D eigenvalue weighted by Gasteiger charge is 2.16. The number of benzene rings is 2. The molecule has 0 bridgehead atoms. The van der Waals surface area contributed by atoms with Crippen molar-refractivity contribution in [2.24, 2.45) is 12.8 Å². The van der Waals surface area contributed by atoms with Crippen molar-refractivity contribution in [3.63, 3.8) is 0 Å². The molecule has 2 N–H and O–H groups in total. The summed E-state index contributed by atoms with van der Waals surface area (Å²) in [4.78, 5) is 4.62. The Morgan fingerprint density at radius 3 is 2.47 bits per heavy atom. The van der Waals surface area contributed by atoms with E-state index < -0.39 is 0 Å². The molecule has 3 aromatic rings. The number of fused-ring (bicyclic) bond motifs is 1. The van der Waals surface area contributed by atoms with Crippen LogP contribution in [0.1, 0.15) is 17.4 Å². The van der Waals surface area contributed by atoms with Crippen molar-refractivity contribution >= 4 is 22.6 Å². The van der Waals surface area contributed by atoms with Crippen molar-refractivity contribution in [3.8, 4) is 0 Å². The van der Waals surface area contributed by atoms with Crippen LogP contribution < -0.4 is 5.73 Å². The summed E-state index contributed by atoms with van der Waals surface area (Å²) >= 11 is 5.90. The number of rotatable bonds is 2. The van der Waals surface area contributed by atoms with Crippen LogP contribution in [0.15, 0.2) is 48.5 Å². The Labute approximate surface area is 116 Å². The number of aromatic nitrogens is 2. The molecule has 0 aliphatic rings. The summed E-state index contributed by atoms with van der Waals surface area (Å²) in [5, 5.41) is 0.709. The first-order chi connectivity index (χ1) is 9.16. The van der Waals surface area contributed by atoms with Crippen molar-refractivity contribution in [2.45, 2.75) is 6.04 Å². The molecular weight excluding hydrogens is 258 g/mol. The summed E-state index contributed by atoms with van der Waals surface area (Å²) in [6.45, 7) is 0. The van der Waals surface area contributed by atoms with Crippen LogP contribution in [0, 0.1) is 0 Å². The van der Waals surface area contributed by atoms with Gasteiger partial charge in [-0.1, -0.05) is 35.9 Å². The Kier molecular flexibility index (Phi) is 3.01. The maximum absolute atomic E-state index is 6.30. The second-order valence-corrected chi connectivity index (χ2v) is 4.98. The lowest BCUT2D eigenvalue weighted by atomic mass is 10.1. The minimum absolute atomic E-state index is 0.255. The largest absolute Gasteiger partial charge is 0.330 e. The van der Waals surface area contributed by atoms with E-state index in [2.05, 4.69) is 4.98 Å². The lowest BCUT2D eigenvalue weighted by Gasteiger charge is -2.12. The number of para-hydroxylation sites is 2. The van der Waals surface area contributed by atoms with Crippen LogP contribution in [-0.2, 0) is 7.05 Å². The van der Waals surface area contributed by atoms with Gasteiger partial charge in [0.2, 0.25) is 0 Å². The quantitative estimate of drug-likeness (QED) is 0.777.